The number of hydrogen-bond acceptors (Lipinski definition) is 3. The van der Waals surface area contributed by atoms with Crippen LogP contribution in [0.2, 0.25) is 10.0 Å². The van der Waals surface area contributed by atoms with Gasteiger partial charge in [0, 0.05) is 17.4 Å². The van der Waals surface area contributed by atoms with Crippen LogP contribution in [0.15, 0.2) is 49.1 Å². The van der Waals surface area contributed by atoms with Crippen molar-refractivity contribution in [2.75, 3.05) is 5.32 Å². The van der Waals surface area contributed by atoms with E-state index in [1.165, 1.54) is 10.9 Å². The Bertz CT molecular complexity index is 827. The van der Waals surface area contributed by atoms with Crippen LogP contribution in [0, 0.1) is 0 Å². The summed E-state index contributed by atoms with van der Waals surface area (Å²) in [5, 5.41) is 12.1. The largest absolute Gasteiger partial charge is 0.322 e. The minimum Gasteiger partial charge on any atom is -0.322 e. The van der Waals surface area contributed by atoms with Gasteiger partial charge in [-0.1, -0.05) is 41.4 Å². The van der Waals surface area contributed by atoms with E-state index >= 15 is 0 Å². The fourth-order valence-electron chi connectivity index (χ4n) is 2.09. The number of benzene rings is 1. The molecule has 0 aliphatic rings. The zero-order valence-corrected chi connectivity index (χ0v) is 13.5. The van der Waals surface area contributed by atoms with Gasteiger partial charge in [0.05, 0.1) is 29.6 Å². The van der Waals surface area contributed by atoms with Gasteiger partial charge in [-0.3, -0.25) is 14.2 Å². The highest BCUT2D eigenvalue weighted by molar-refractivity contribution is 6.31. The number of rotatable bonds is 5. The number of aromatic nitrogens is 4. The summed E-state index contributed by atoms with van der Waals surface area (Å²) in [7, 11) is 0. The number of carbonyl (C=O) groups excluding carboxylic acids is 1. The maximum atomic E-state index is 11.9. The maximum absolute atomic E-state index is 11.9. The third kappa shape index (κ3) is 4.12. The van der Waals surface area contributed by atoms with Crippen LogP contribution in [0.5, 0.6) is 0 Å². The second-order valence-corrected chi connectivity index (χ2v) is 5.77. The van der Waals surface area contributed by atoms with Crippen molar-refractivity contribution < 1.29 is 4.79 Å². The summed E-state index contributed by atoms with van der Waals surface area (Å²) in [5.74, 6) is -0.206. The summed E-state index contributed by atoms with van der Waals surface area (Å²) in [5.41, 5.74) is 1.57. The highest BCUT2D eigenvalue weighted by Gasteiger charge is 2.07. The maximum Gasteiger partial charge on any atom is 0.246 e. The topological polar surface area (TPSA) is 64.7 Å². The first kappa shape index (κ1) is 15.6. The van der Waals surface area contributed by atoms with Crippen molar-refractivity contribution in [1.29, 1.82) is 0 Å². The Morgan fingerprint density at radius 2 is 1.87 bits per heavy atom. The normalized spacial score (nSPS) is 10.7. The van der Waals surface area contributed by atoms with Crippen molar-refractivity contribution in [3.05, 3.63) is 64.7 Å². The SMILES string of the molecule is O=C(Cn1cc(Cl)cn1)Nc1cnn(Cc2ccccc2Cl)c1. The monoisotopic (exact) mass is 349 g/mol. The molecule has 23 heavy (non-hydrogen) atoms. The van der Waals surface area contributed by atoms with Crippen molar-refractivity contribution >= 4 is 34.8 Å². The molecule has 1 aromatic carbocycles. The van der Waals surface area contributed by atoms with E-state index in [1.807, 2.05) is 24.3 Å². The quantitative estimate of drug-likeness (QED) is 0.769. The molecule has 1 amide bonds. The molecule has 0 aliphatic heterocycles. The molecule has 0 atom stereocenters. The first-order valence-electron chi connectivity index (χ1n) is 6.84. The molecular weight excluding hydrogens is 337 g/mol. The summed E-state index contributed by atoms with van der Waals surface area (Å²) in [6.45, 7) is 0.618. The fourth-order valence-corrected chi connectivity index (χ4v) is 2.44. The lowest BCUT2D eigenvalue weighted by molar-refractivity contribution is -0.116. The molecule has 0 fully saturated rings. The van der Waals surface area contributed by atoms with Crippen LogP contribution in [0.25, 0.3) is 0 Å². The fraction of sp³-hybridized carbons (Fsp3) is 0.133. The van der Waals surface area contributed by atoms with Crippen LogP contribution in [-0.2, 0) is 17.9 Å². The number of nitrogens with one attached hydrogen (secondary N) is 1. The summed E-state index contributed by atoms with van der Waals surface area (Å²) < 4.78 is 3.17. The Labute approximate surface area is 142 Å². The van der Waals surface area contributed by atoms with E-state index < -0.39 is 0 Å². The predicted octanol–water partition coefficient (Wildman–Crippen LogP) is 3.07. The Hall–Kier alpha value is -2.31. The molecule has 0 aliphatic carbocycles. The van der Waals surface area contributed by atoms with E-state index in [2.05, 4.69) is 15.5 Å². The van der Waals surface area contributed by atoms with Crippen molar-refractivity contribution in [1.82, 2.24) is 19.6 Å². The molecule has 2 aromatic heterocycles. The van der Waals surface area contributed by atoms with E-state index in [0.717, 1.165) is 5.56 Å². The number of amides is 1. The third-order valence-electron chi connectivity index (χ3n) is 3.11. The van der Waals surface area contributed by atoms with Gasteiger partial charge in [-0.25, -0.2) is 0 Å². The van der Waals surface area contributed by atoms with Crippen LogP contribution >= 0.6 is 23.2 Å². The van der Waals surface area contributed by atoms with Crippen molar-refractivity contribution in [3.8, 4) is 0 Å². The lowest BCUT2D eigenvalue weighted by Crippen LogP contribution is -2.18. The van der Waals surface area contributed by atoms with E-state index in [0.29, 0.717) is 22.3 Å². The third-order valence-corrected chi connectivity index (χ3v) is 3.68. The first-order valence-corrected chi connectivity index (χ1v) is 7.59. The minimum absolute atomic E-state index is 0.0857. The molecule has 3 aromatic rings. The van der Waals surface area contributed by atoms with Crippen molar-refractivity contribution in [2.24, 2.45) is 0 Å². The van der Waals surface area contributed by atoms with Gasteiger partial charge >= 0.3 is 0 Å². The highest BCUT2D eigenvalue weighted by atomic mass is 35.5. The lowest BCUT2D eigenvalue weighted by Gasteiger charge is -2.04. The van der Waals surface area contributed by atoms with E-state index in [1.54, 1.807) is 23.3 Å². The number of hydrogen-bond donors (Lipinski definition) is 1. The molecule has 1 N–H and O–H groups in total. The Kier molecular flexibility index (Phi) is 4.64. The van der Waals surface area contributed by atoms with Crippen LogP contribution in [0.3, 0.4) is 0 Å². The first-order chi connectivity index (χ1) is 11.1. The van der Waals surface area contributed by atoms with E-state index in [-0.39, 0.29) is 12.5 Å². The van der Waals surface area contributed by atoms with Gasteiger partial charge < -0.3 is 5.32 Å². The second kappa shape index (κ2) is 6.85. The molecule has 8 heteroatoms. The molecule has 0 spiro atoms. The zero-order valence-electron chi connectivity index (χ0n) is 12.0. The van der Waals surface area contributed by atoms with Crippen LogP contribution in [0.4, 0.5) is 5.69 Å². The van der Waals surface area contributed by atoms with Gasteiger partial charge in [0.1, 0.15) is 6.54 Å². The summed E-state index contributed by atoms with van der Waals surface area (Å²) in [4.78, 5) is 11.9. The van der Waals surface area contributed by atoms with Crippen LogP contribution in [-0.4, -0.2) is 25.5 Å². The van der Waals surface area contributed by atoms with Gasteiger partial charge in [-0.2, -0.15) is 10.2 Å². The Balaban J connectivity index is 1.61. The Morgan fingerprint density at radius 1 is 1.09 bits per heavy atom. The van der Waals surface area contributed by atoms with E-state index in [9.17, 15) is 4.79 Å². The van der Waals surface area contributed by atoms with Gasteiger partial charge in [0.2, 0.25) is 5.91 Å². The van der Waals surface area contributed by atoms with Gasteiger partial charge in [0.15, 0.2) is 0 Å². The van der Waals surface area contributed by atoms with Crippen molar-refractivity contribution in [3.63, 3.8) is 0 Å². The van der Waals surface area contributed by atoms with Crippen molar-refractivity contribution in [2.45, 2.75) is 13.1 Å². The lowest BCUT2D eigenvalue weighted by atomic mass is 10.2. The highest BCUT2D eigenvalue weighted by Crippen LogP contribution is 2.16. The minimum atomic E-state index is -0.206. The average molecular weight is 350 g/mol. The van der Waals surface area contributed by atoms with Gasteiger partial charge in [-0.05, 0) is 11.6 Å². The van der Waals surface area contributed by atoms with Crippen LogP contribution in [0.1, 0.15) is 5.56 Å². The molecule has 0 bridgehead atoms. The number of nitrogens with zero attached hydrogens (tertiary/aromatic N) is 4. The van der Waals surface area contributed by atoms with E-state index in [4.69, 9.17) is 23.2 Å². The smallest absolute Gasteiger partial charge is 0.246 e. The molecule has 0 unspecified atom stereocenters. The molecule has 118 valence electrons. The molecule has 0 radical (unpaired) electrons. The molecule has 3 rings (SSSR count). The van der Waals surface area contributed by atoms with Crippen LogP contribution < -0.4 is 5.32 Å². The summed E-state index contributed by atoms with van der Waals surface area (Å²) >= 11 is 11.9. The predicted molar refractivity (Wildman–Crippen MR) is 88.6 cm³/mol. The Morgan fingerprint density at radius 3 is 2.61 bits per heavy atom. The molecule has 0 saturated carbocycles. The average Bonchev–Trinajstić information content (AvgIpc) is 3.11. The molecular formula is C15H13Cl2N5O. The second-order valence-electron chi connectivity index (χ2n) is 4.92. The molecule has 0 saturated heterocycles. The van der Waals surface area contributed by atoms with Gasteiger partial charge in [0.25, 0.3) is 0 Å². The number of halogens is 2. The number of carbonyl (C=O) groups is 1. The molecule has 6 nitrogen and oxygen atoms in total. The standard InChI is InChI=1S/C15H13Cl2N5O/c16-12-5-18-22(8-12)10-15(23)20-13-6-19-21(9-13)7-11-3-1-2-4-14(11)17/h1-6,8-9H,7,10H2,(H,20,23). The van der Waals surface area contributed by atoms with Gasteiger partial charge in [-0.15, -0.1) is 0 Å². The molecule has 2 heterocycles. The number of anilines is 1. The summed E-state index contributed by atoms with van der Waals surface area (Å²) in [6.07, 6.45) is 6.40. The zero-order chi connectivity index (χ0) is 16.2. The summed E-state index contributed by atoms with van der Waals surface area (Å²) in [6, 6.07) is 7.56.